The third kappa shape index (κ3) is 5.42. The van der Waals surface area contributed by atoms with Gasteiger partial charge in [-0.25, -0.2) is 14.5 Å². The Hall–Kier alpha value is -4.10. The normalized spacial score (nSPS) is 12.8. The largest absolute Gasteiger partial charge is 0.465 e. The molecule has 1 amide bonds. The number of alkyl halides is 6. The second-order valence-electron chi connectivity index (χ2n) is 7.69. The summed E-state index contributed by atoms with van der Waals surface area (Å²) in [7, 11) is 2.40. The zero-order valence-corrected chi connectivity index (χ0v) is 19.0. The minimum Gasteiger partial charge on any atom is -0.465 e. The molecule has 0 spiro atoms. The number of nitrogens with zero attached hydrogens (tertiary/aromatic N) is 4. The standard InChI is InChI=1S/C22H19F6N5O3/c1-11(16-9-17(29)31-33(16)18-5-4-12(10-30-18)20(35)36-3)32(2)19(34)13-6-14(21(23,24)25)8-15(7-13)22(26,27)28/h4-11H,1-3H3,(H2,29,31). The molecule has 8 nitrogen and oxygen atoms in total. The van der Waals surface area contributed by atoms with Crippen LogP contribution in [-0.4, -0.2) is 45.7 Å². The van der Waals surface area contributed by atoms with Gasteiger partial charge in [0, 0.05) is 24.9 Å². The molecule has 0 aliphatic rings. The molecule has 0 saturated carbocycles. The molecule has 3 aromatic rings. The number of esters is 1. The van der Waals surface area contributed by atoms with Gasteiger partial charge in [-0.3, -0.25) is 4.79 Å². The smallest absolute Gasteiger partial charge is 0.416 e. The molecule has 0 radical (unpaired) electrons. The van der Waals surface area contributed by atoms with Crippen LogP contribution in [0.3, 0.4) is 0 Å². The van der Waals surface area contributed by atoms with Gasteiger partial charge >= 0.3 is 18.3 Å². The molecule has 1 aromatic carbocycles. The summed E-state index contributed by atoms with van der Waals surface area (Å²) in [5, 5.41) is 4.08. The monoisotopic (exact) mass is 515 g/mol. The van der Waals surface area contributed by atoms with Crippen LogP contribution in [0.25, 0.3) is 5.82 Å². The molecular formula is C22H19F6N5O3. The Kier molecular flexibility index (Phi) is 7.00. The van der Waals surface area contributed by atoms with Gasteiger partial charge in [-0.1, -0.05) is 0 Å². The lowest BCUT2D eigenvalue weighted by molar-refractivity contribution is -0.143. The van der Waals surface area contributed by atoms with Crippen LogP contribution >= 0.6 is 0 Å². The third-order valence-corrected chi connectivity index (χ3v) is 5.31. The van der Waals surface area contributed by atoms with E-state index in [-0.39, 0.29) is 29.0 Å². The van der Waals surface area contributed by atoms with Crippen LogP contribution < -0.4 is 5.73 Å². The van der Waals surface area contributed by atoms with Crippen molar-refractivity contribution in [3.8, 4) is 5.82 Å². The molecule has 0 fully saturated rings. The summed E-state index contributed by atoms with van der Waals surface area (Å²) in [6, 6.07) is 3.93. The number of benzene rings is 1. The van der Waals surface area contributed by atoms with E-state index in [0.717, 1.165) is 4.90 Å². The molecule has 2 heterocycles. The SMILES string of the molecule is COC(=O)c1ccc(-n2nc(N)cc2C(C)N(C)C(=O)c2cc(C(F)(F)F)cc(C(F)(F)F)c2)nc1. The van der Waals surface area contributed by atoms with E-state index in [1.807, 2.05) is 0 Å². The van der Waals surface area contributed by atoms with Crippen LogP contribution in [0.2, 0.25) is 0 Å². The molecule has 1 unspecified atom stereocenters. The third-order valence-electron chi connectivity index (χ3n) is 5.31. The lowest BCUT2D eigenvalue weighted by Gasteiger charge is -2.26. The molecule has 0 aliphatic heterocycles. The number of nitrogens with two attached hydrogens (primary N) is 1. The Morgan fingerprint density at radius 1 is 1.00 bits per heavy atom. The highest BCUT2D eigenvalue weighted by atomic mass is 19.4. The zero-order valence-electron chi connectivity index (χ0n) is 19.0. The number of rotatable bonds is 5. The molecule has 36 heavy (non-hydrogen) atoms. The molecule has 3 rings (SSSR count). The number of hydrogen-bond donors (Lipinski definition) is 1. The summed E-state index contributed by atoms with van der Waals surface area (Å²) in [5.74, 6) is -1.54. The second-order valence-corrected chi connectivity index (χ2v) is 7.69. The first-order chi connectivity index (χ1) is 16.6. The minimum atomic E-state index is -5.10. The number of carbonyl (C=O) groups excluding carboxylic acids is 2. The van der Waals surface area contributed by atoms with Crippen LogP contribution in [-0.2, 0) is 17.1 Å². The first-order valence-corrected chi connectivity index (χ1v) is 10.1. The van der Waals surface area contributed by atoms with Crippen molar-refractivity contribution in [3.63, 3.8) is 0 Å². The number of methoxy groups -OCH3 is 1. The predicted octanol–water partition coefficient (Wildman–Crippen LogP) is 4.51. The average molecular weight is 515 g/mol. The summed E-state index contributed by atoms with van der Waals surface area (Å²) in [6.45, 7) is 1.48. The molecule has 0 aliphatic carbocycles. The number of carbonyl (C=O) groups is 2. The number of ether oxygens (including phenoxy) is 1. The fourth-order valence-corrected chi connectivity index (χ4v) is 3.30. The number of amides is 1. The highest BCUT2D eigenvalue weighted by Crippen LogP contribution is 2.37. The number of anilines is 1. The maximum absolute atomic E-state index is 13.2. The summed E-state index contributed by atoms with van der Waals surface area (Å²) < 4.78 is 85.1. The summed E-state index contributed by atoms with van der Waals surface area (Å²) in [5.41, 5.74) is 2.18. The van der Waals surface area contributed by atoms with Gasteiger partial charge < -0.3 is 15.4 Å². The van der Waals surface area contributed by atoms with Gasteiger partial charge in [-0.2, -0.15) is 26.3 Å². The van der Waals surface area contributed by atoms with E-state index in [1.54, 1.807) is 0 Å². The van der Waals surface area contributed by atoms with Crippen molar-refractivity contribution in [2.24, 2.45) is 0 Å². The fraction of sp³-hybridized carbons (Fsp3) is 0.273. The maximum atomic E-state index is 13.2. The Morgan fingerprint density at radius 2 is 1.58 bits per heavy atom. The van der Waals surface area contributed by atoms with Gasteiger partial charge in [0.05, 0.1) is 35.5 Å². The Morgan fingerprint density at radius 3 is 2.06 bits per heavy atom. The van der Waals surface area contributed by atoms with Crippen LogP contribution in [0.5, 0.6) is 0 Å². The van der Waals surface area contributed by atoms with Gasteiger partial charge in [0.2, 0.25) is 0 Å². The maximum Gasteiger partial charge on any atom is 0.416 e. The molecule has 0 saturated heterocycles. The predicted molar refractivity (Wildman–Crippen MR) is 114 cm³/mol. The number of hydrogen-bond acceptors (Lipinski definition) is 6. The Balaban J connectivity index is 1.99. The molecule has 2 N–H and O–H groups in total. The van der Waals surface area contributed by atoms with Gasteiger partial charge in [-0.05, 0) is 37.3 Å². The van der Waals surface area contributed by atoms with Crippen LogP contribution in [0.15, 0.2) is 42.6 Å². The van der Waals surface area contributed by atoms with Crippen molar-refractivity contribution >= 4 is 17.7 Å². The lowest BCUT2D eigenvalue weighted by atomic mass is 10.0. The van der Waals surface area contributed by atoms with Crippen molar-refractivity contribution in [1.82, 2.24) is 19.7 Å². The van der Waals surface area contributed by atoms with Crippen molar-refractivity contribution in [2.75, 3.05) is 19.9 Å². The molecule has 1 atom stereocenters. The van der Waals surface area contributed by atoms with E-state index in [0.29, 0.717) is 12.1 Å². The Labute approximate surface area is 200 Å². The van der Waals surface area contributed by atoms with Crippen molar-refractivity contribution in [2.45, 2.75) is 25.3 Å². The first kappa shape index (κ1) is 26.5. The van der Waals surface area contributed by atoms with Crippen LogP contribution in [0.4, 0.5) is 32.2 Å². The number of halogens is 6. The number of pyridine rings is 1. The summed E-state index contributed by atoms with van der Waals surface area (Å²) >= 11 is 0. The quantitative estimate of drug-likeness (QED) is 0.396. The van der Waals surface area contributed by atoms with Crippen molar-refractivity contribution < 1.29 is 40.7 Å². The van der Waals surface area contributed by atoms with Crippen molar-refractivity contribution in [1.29, 1.82) is 0 Å². The van der Waals surface area contributed by atoms with Gasteiger partial charge in [-0.15, -0.1) is 5.10 Å². The molecule has 192 valence electrons. The Bertz CT molecular complexity index is 1250. The van der Waals surface area contributed by atoms with E-state index in [9.17, 15) is 35.9 Å². The first-order valence-electron chi connectivity index (χ1n) is 10.1. The molecule has 14 heteroatoms. The fourth-order valence-electron chi connectivity index (χ4n) is 3.30. The van der Waals surface area contributed by atoms with Crippen LogP contribution in [0, 0.1) is 0 Å². The van der Waals surface area contributed by atoms with E-state index >= 15 is 0 Å². The van der Waals surface area contributed by atoms with Gasteiger partial charge in [0.25, 0.3) is 5.91 Å². The van der Waals surface area contributed by atoms with Crippen molar-refractivity contribution in [3.05, 3.63) is 70.5 Å². The van der Waals surface area contributed by atoms with E-state index in [1.165, 1.54) is 50.2 Å². The van der Waals surface area contributed by atoms with E-state index in [4.69, 9.17) is 5.73 Å². The molecular weight excluding hydrogens is 496 g/mol. The summed E-state index contributed by atoms with van der Waals surface area (Å²) in [6.07, 6.45) is -8.99. The average Bonchev–Trinajstić information content (AvgIpc) is 3.22. The number of aromatic nitrogens is 3. The van der Waals surface area contributed by atoms with E-state index in [2.05, 4.69) is 14.8 Å². The summed E-state index contributed by atoms with van der Waals surface area (Å²) in [4.78, 5) is 29.7. The highest BCUT2D eigenvalue weighted by molar-refractivity contribution is 5.95. The minimum absolute atomic E-state index is 0.00923. The lowest BCUT2D eigenvalue weighted by Crippen LogP contribution is -2.31. The van der Waals surface area contributed by atoms with Gasteiger partial charge in [0.15, 0.2) is 5.82 Å². The van der Waals surface area contributed by atoms with Gasteiger partial charge in [0.1, 0.15) is 5.82 Å². The number of nitrogen functional groups attached to an aromatic ring is 1. The zero-order chi connectivity index (χ0) is 27.0. The molecule has 2 aromatic heterocycles. The molecule has 0 bridgehead atoms. The second kappa shape index (κ2) is 9.51. The topological polar surface area (TPSA) is 103 Å². The van der Waals surface area contributed by atoms with Crippen LogP contribution in [0.1, 0.15) is 50.5 Å². The van der Waals surface area contributed by atoms with E-state index < -0.39 is 47.0 Å². The highest BCUT2D eigenvalue weighted by Gasteiger charge is 2.38.